The van der Waals surface area contributed by atoms with Crippen LogP contribution < -0.4 is 0 Å². The summed E-state index contributed by atoms with van der Waals surface area (Å²) in [6.45, 7) is 9.14. The Labute approximate surface area is 727 Å². The molecular weight excluding hydrogens is 1650 g/mol. The van der Waals surface area contributed by atoms with Gasteiger partial charge in [0.25, 0.3) is 0 Å². The van der Waals surface area contributed by atoms with Crippen molar-refractivity contribution in [1.82, 2.24) is 29.4 Å². The third kappa shape index (κ3) is 37.5. The van der Waals surface area contributed by atoms with Crippen molar-refractivity contribution >= 4 is 175 Å². The molecule has 0 spiro atoms. The Hall–Kier alpha value is -8.01. The number of hydrogen-bond acceptors (Lipinski definition) is 12. The van der Waals surface area contributed by atoms with Crippen molar-refractivity contribution in [3.63, 3.8) is 0 Å². The van der Waals surface area contributed by atoms with Gasteiger partial charge < -0.3 is 178 Å². The largest absolute Gasteiger partial charge is 6.00 e. The van der Waals surface area contributed by atoms with Gasteiger partial charge in [0.15, 0.2) is 0 Å². The van der Waals surface area contributed by atoms with E-state index in [1.165, 1.54) is 66.8 Å². The Morgan fingerprint density at radius 1 is 0.147 bits per heavy atom. The quantitative estimate of drug-likeness (QED) is 0.0325. The zero-order chi connectivity index (χ0) is 76.8. The van der Waals surface area contributed by atoms with Crippen LogP contribution in [0.5, 0.6) is 0 Å². The molecule has 19 heteroatoms. The minimum atomic E-state index is 0. The van der Waals surface area contributed by atoms with E-state index in [9.17, 15) is 0 Å². The molecule has 0 aromatic heterocycles. The van der Waals surface area contributed by atoms with Gasteiger partial charge >= 0.3 is 21.1 Å². The molecule has 0 N–H and O–H groups in total. The fraction of sp³-hybridized carbons (Fsp3) is 0.133. The molecule has 0 atom stereocenters. The van der Waals surface area contributed by atoms with Crippen LogP contribution in [0.25, 0.3) is 0 Å². The third-order valence-corrected chi connectivity index (χ3v) is 19.2. The van der Waals surface area contributed by atoms with Crippen LogP contribution in [0.15, 0.2) is 364 Å². The summed E-state index contributed by atoms with van der Waals surface area (Å²) in [6.07, 6.45) is 0. The van der Waals surface area contributed by atoms with Crippen molar-refractivity contribution in [3.05, 3.63) is 431 Å². The van der Waals surface area contributed by atoms with Gasteiger partial charge in [-0.15, -0.1) is 0 Å². The standard InChI is InChI=1S/6C15H15NS2.Mo/c6*17-15(18)16(11-13-7-3-1-4-8-13)12-14-9-5-2-6-10-14;/h6*1-10H,11-12H2,(H,17,18);/q;;;;;;+6/p-6. The average Bonchev–Trinajstić information content (AvgIpc) is 0.919. The molecule has 0 unspecified atom stereocenters. The zero-order valence-corrected chi connectivity index (χ0v) is 71.9. The SMILES string of the molecule is S=C([S-])N(Cc1ccccc1)Cc1ccccc1.S=C([S-])N(Cc1ccccc1)Cc1ccccc1.S=C([S-])N(Cc1ccccc1)Cc1ccccc1.S=C([S-])N(Cc1ccccc1)Cc1ccccc1.S=C([S-])N(Cc1ccccc1)Cc1ccccc1.S=C([S-])N(Cc1ccccc1)Cc1ccccc1.[Mo+6]. The summed E-state index contributed by atoms with van der Waals surface area (Å²) < 4.78 is 3.10. The zero-order valence-electron chi connectivity index (χ0n) is 60.1. The molecule has 0 aliphatic carbocycles. The predicted molar refractivity (Wildman–Crippen MR) is 493 cm³/mol. The van der Waals surface area contributed by atoms with E-state index in [1.54, 1.807) is 0 Å². The van der Waals surface area contributed by atoms with Gasteiger partial charge in [-0.3, -0.25) is 0 Å². The van der Waals surface area contributed by atoms with Crippen LogP contribution in [0.4, 0.5) is 0 Å². The first-order valence-corrected chi connectivity index (χ1v) is 39.7. The van der Waals surface area contributed by atoms with Crippen LogP contribution in [-0.4, -0.2) is 55.3 Å². The number of hydrogen-bond donors (Lipinski definition) is 0. The molecule has 0 saturated heterocycles. The first-order valence-electron chi connectivity index (χ1n) is 34.8. The molecule has 0 saturated carbocycles. The summed E-state index contributed by atoms with van der Waals surface area (Å²) in [5, 5.41) is 0. The fourth-order valence-electron chi connectivity index (χ4n) is 10.8. The van der Waals surface area contributed by atoms with Gasteiger partial charge in [0, 0.05) is 78.5 Å². The minimum Gasteiger partial charge on any atom is -0.411 e. The van der Waals surface area contributed by atoms with E-state index in [1.807, 2.05) is 248 Å². The molecule has 0 amide bonds. The Morgan fingerprint density at radius 2 is 0.211 bits per heavy atom. The molecule has 0 fully saturated rings. The topological polar surface area (TPSA) is 19.4 Å². The summed E-state index contributed by atoms with van der Waals surface area (Å²) >= 11 is 61.9. The van der Waals surface area contributed by atoms with Crippen LogP contribution in [-0.2, 0) is 175 Å². The fourth-order valence-corrected chi connectivity index (χ4v) is 12.3. The Morgan fingerprint density at radius 3 is 0.266 bits per heavy atom. The van der Waals surface area contributed by atoms with Gasteiger partial charge in [-0.1, -0.05) is 390 Å². The van der Waals surface area contributed by atoms with E-state index in [-0.39, 0.29) is 21.1 Å². The summed E-state index contributed by atoms with van der Waals surface area (Å²) in [4.78, 5) is 12.2. The number of nitrogens with zero attached hydrogens (tertiary/aromatic N) is 6. The van der Waals surface area contributed by atoms with Gasteiger partial charge in [0.1, 0.15) is 0 Å². The van der Waals surface area contributed by atoms with E-state index < -0.39 is 0 Å². The minimum absolute atomic E-state index is 0. The monoisotopic (exact) mass is 1730 g/mol. The maximum Gasteiger partial charge on any atom is 6.00 e. The van der Waals surface area contributed by atoms with E-state index in [2.05, 4.69) is 146 Å². The molecule has 0 radical (unpaired) electrons. The van der Waals surface area contributed by atoms with Crippen molar-refractivity contribution in [3.8, 4) is 0 Å². The maximum atomic E-state index is 5.16. The van der Waals surface area contributed by atoms with Crippen LogP contribution in [0.3, 0.4) is 0 Å². The van der Waals surface area contributed by atoms with E-state index >= 15 is 0 Å². The van der Waals surface area contributed by atoms with Crippen molar-refractivity contribution in [2.45, 2.75) is 78.5 Å². The first kappa shape index (κ1) is 89.9. The summed E-state index contributed by atoms with van der Waals surface area (Å²) in [7, 11) is 0. The molecule has 0 aliphatic heterocycles. The van der Waals surface area contributed by atoms with Crippen molar-refractivity contribution in [2.75, 3.05) is 0 Å². The summed E-state index contributed by atoms with van der Waals surface area (Å²) in [6, 6.07) is 123. The van der Waals surface area contributed by atoms with Crippen LogP contribution in [0.1, 0.15) is 66.8 Å². The van der Waals surface area contributed by atoms with Crippen LogP contribution in [0, 0.1) is 0 Å². The maximum absolute atomic E-state index is 5.16. The van der Waals surface area contributed by atoms with Crippen LogP contribution in [0.2, 0.25) is 0 Å². The first-order chi connectivity index (χ1) is 52.5. The molecule has 0 bridgehead atoms. The Kier molecular flexibility index (Phi) is 43.7. The van der Waals surface area contributed by atoms with Gasteiger partial charge in [-0.2, -0.15) is 0 Å². The van der Waals surface area contributed by atoms with Crippen molar-refractivity contribution in [1.29, 1.82) is 0 Å². The average molecular weight is 1730 g/mol. The molecule has 12 aromatic carbocycles. The predicted octanol–water partition coefficient (Wildman–Crippen LogP) is 21.1. The number of rotatable bonds is 24. The summed E-state index contributed by atoms with van der Waals surface area (Å²) in [5.74, 6) is 0. The Bertz CT molecular complexity index is 3490. The van der Waals surface area contributed by atoms with Gasteiger partial charge in [-0.05, 0) is 66.8 Å². The van der Waals surface area contributed by atoms with Crippen molar-refractivity contribution in [2.24, 2.45) is 0 Å². The number of benzene rings is 12. The second-order valence-corrected chi connectivity index (χ2v) is 30.7. The van der Waals surface area contributed by atoms with Crippen LogP contribution >= 0.6 is 73.3 Å². The summed E-state index contributed by atoms with van der Waals surface area (Å²) in [5.41, 5.74) is 14.7. The molecule has 109 heavy (non-hydrogen) atoms. The van der Waals surface area contributed by atoms with E-state index in [4.69, 9.17) is 149 Å². The molecule has 12 rings (SSSR count). The van der Waals surface area contributed by atoms with Gasteiger partial charge in [-0.25, -0.2) is 0 Å². The second-order valence-electron chi connectivity index (χ2n) is 24.6. The van der Waals surface area contributed by atoms with E-state index in [0.29, 0.717) is 25.9 Å². The molecular formula is C90H84MoN6S12. The molecule has 0 heterocycles. The van der Waals surface area contributed by atoms with E-state index in [0.717, 1.165) is 78.5 Å². The smallest absolute Gasteiger partial charge is 0.411 e. The van der Waals surface area contributed by atoms with Crippen molar-refractivity contribution < 1.29 is 21.1 Å². The Balaban J connectivity index is 0.000000204. The molecule has 0 aliphatic rings. The normalized spacial score (nSPS) is 9.91. The number of thiocarbonyl (C=S) groups is 6. The molecule has 12 aromatic rings. The molecule has 552 valence electrons. The van der Waals surface area contributed by atoms with Gasteiger partial charge in [0.05, 0.1) is 0 Å². The third-order valence-electron chi connectivity index (χ3n) is 16.1. The van der Waals surface area contributed by atoms with Gasteiger partial charge in [0.2, 0.25) is 0 Å². The molecule has 6 nitrogen and oxygen atoms in total. The second kappa shape index (κ2) is 53.0.